The van der Waals surface area contributed by atoms with Gasteiger partial charge >= 0.3 is 0 Å². The van der Waals surface area contributed by atoms with Crippen LogP contribution in [0.5, 0.6) is 0 Å². The number of pyridine rings is 1. The van der Waals surface area contributed by atoms with Gasteiger partial charge in [0.05, 0.1) is 32.6 Å². The summed E-state index contributed by atoms with van der Waals surface area (Å²) in [6.07, 6.45) is -4.90. The number of rotatable bonds is 5. The van der Waals surface area contributed by atoms with Crippen LogP contribution in [0.25, 0.3) is 11.3 Å². The minimum Gasteiger partial charge on any atom is -0.394 e. The second-order valence-corrected chi connectivity index (χ2v) is 9.20. The van der Waals surface area contributed by atoms with E-state index in [0.717, 1.165) is 10.9 Å². The molecule has 0 spiro atoms. The zero-order chi connectivity index (χ0) is 26.5. The van der Waals surface area contributed by atoms with Crippen LogP contribution in [-0.4, -0.2) is 69.9 Å². The normalized spacial score (nSPS) is 27.6. The molecule has 0 saturated carbocycles. The van der Waals surface area contributed by atoms with Crippen molar-refractivity contribution < 1.29 is 41.5 Å². The minimum atomic E-state index is -2.46. The first kappa shape index (κ1) is 20.2. The third-order valence-corrected chi connectivity index (χ3v) is 6.67. The number of benzene rings is 1. The fourth-order valence-electron chi connectivity index (χ4n) is 3.31. The summed E-state index contributed by atoms with van der Waals surface area (Å²) in [7, 11) is -2.46. The number of hydrogen-bond acceptors (Lipinski definition) is 8. The van der Waals surface area contributed by atoms with Gasteiger partial charge in [0.2, 0.25) is 0 Å². The molecule has 33 heavy (non-hydrogen) atoms. The highest BCUT2D eigenvalue weighted by Crippen LogP contribution is 2.34. The summed E-state index contributed by atoms with van der Waals surface area (Å²) in [4.78, 5) is 3.12. The Morgan fingerprint density at radius 1 is 1.21 bits per heavy atom. The summed E-state index contributed by atoms with van der Waals surface area (Å²) in [5.41, 5.74) is -2.06. The van der Waals surface area contributed by atoms with E-state index in [0.29, 0.717) is 12.1 Å². The third kappa shape index (κ3) is 4.58. The number of nitrogens with zero attached hydrogens (tertiary/aromatic N) is 4. The van der Waals surface area contributed by atoms with Crippen molar-refractivity contribution in [3.63, 3.8) is 0 Å². The van der Waals surface area contributed by atoms with Crippen molar-refractivity contribution >= 4 is 26.7 Å². The van der Waals surface area contributed by atoms with Gasteiger partial charge in [-0.1, -0.05) is 5.21 Å². The summed E-state index contributed by atoms with van der Waals surface area (Å²) in [5, 5.41) is 38.9. The molecule has 9 nitrogen and oxygen atoms in total. The Balaban J connectivity index is 1.72. The Morgan fingerprint density at radius 2 is 1.91 bits per heavy atom. The molecular formula is C19H16BrF3N4O5S. The quantitative estimate of drug-likeness (QED) is 0.404. The van der Waals surface area contributed by atoms with E-state index in [1.54, 1.807) is 0 Å². The van der Waals surface area contributed by atoms with Crippen LogP contribution in [0.1, 0.15) is 10.2 Å². The van der Waals surface area contributed by atoms with Gasteiger partial charge in [0.25, 0.3) is 0 Å². The van der Waals surface area contributed by atoms with Gasteiger partial charge in [-0.25, -0.2) is 17.9 Å². The zero-order valence-corrected chi connectivity index (χ0v) is 18.6. The first-order valence-electron chi connectivity index (χ1n) is 10.7. The maximum Gasteiger partial charge on any atom is 0.194 e. The standard InChI is InChI=1S/C19H16BrF3N4O5S/c20-9-3-10(5-24-4-9)33(31)19-18(30)16(17(29)14(7-28)32-19)27-6-13(25-26-27)8-1-11(21)15(23)12(22)2-8/h1-6,14,16-19,28-30H,7H2/t14-,16+,17+,18-,19-,33+/m1/s1/i3D,4D,5D. The first-order chi connectivity index (χ1) is 17.0. The molecule has 1 aliphatic heterocycles. The van der Waals surface area contributed by atoms with Gasteiger partial charge in [-0.3, -0.25) is 9.19 Å². The molecule has 3 aromatic rings. The average molecular weight is 552 g/mol. The highest BCUT2D eigenvalue weighted by molar-refractivity contribution is 9.10. The predicted octanol–water partition coefficient (Wildman–Crippen LogP) is 1.31. The predicted molar refractivity (Wildman–Crippen MR) is 110 cm³/mol. The first-order valence-corrected chi connectivity index (χ1v) is 11.2. The molecule has 1 fully saturated rings. The molecule has 3 heterocycles. The van der Waals surface area contributed by atoms with Gasteiger partial charge in [-0.2, -0.15) is 0 Å². The Labute approximate surface area is 199 Å². The fourth-order valence-corrected chi connectivity index (χ4v) is 4.96. The number of halogens is 4. The molecule has 4 rings (SSSR count). The number of aromatic nitrogens is 4. The lowest BCUT2D eigenvalue weighted by Gasteiger charge is -2.41. The van der Waals surface area contributed by atoms with Gasteiger partial charge in [-0.05, 0) is 34.1 Å². The van der Waals surface area contributed by atoms with E-state index in [-0.39, 0.29) is 15.7 Å². The summed E-state index contributed by atoms with van der Waals surface area (Å²) < 4.78 is 83.8. The molecular weight excluding hydrogens is 533 g/mol. The summed E-state index contributed by atoms with van der Waals surface area (Å²) in [6, 6.07) is -0.619. The molecule has 0 amide bonds. The van der Waals surface area contributed by atoms with Crippen LogP contribution in [0.4, 0.5) is 13.2 Å². The molecule has 3 N–H and O–H groups in total. The molecule has 1 saturated heterocycles. The lowest BCUT2D eigenvalue weighted by atomic mass is 9.97. The van der Waals surface area contributed by atoms with E-state index in [1.807, 2.05) is 0 Å². The maximum absolute atomic E-state index is 13.6. The van der Waals surface area contributed by atoms with Crippen LogP contribution in [0, 0.1) is 17.5 Å². The molecule has 0 bridgehead atoms. The molecule has 14 heteroatoms. The van der Waals surface area contributed by atoms with Gasteiger partial charge in [0.1, 0.15) is 30.0 Å². The number of ether oxygens (including phenoxy) is 1. The Morgan fingerprint density at radius 3 is 2.58 bits per heavy atom. The highest BCUT2D eigenvalue weighted by atomic mass is 79.9. The van der Waals surface area contributed by atoms with Crippen molar-refractivity contribution in [3.8, 4) is 11.3 Å². The van der Waals surface area contributed by atoms with Crippen molar-refractivity contribution in [2.75, 3.05) is 6.61 Å². The van der Waals surface area contributed by atoms with E-state index in [1.165, 1.54) is 0 Å². The zero-order valence-electron chi connectivity index (χ0n) is 19.2. The van der Waals surface area contributed by atoms with Crippen molar-refractivity contribution in [1.29, 1.82) is 0 Å². The Bertz CT molecular complexity index is 1330. The molecule has 6 atom stereocenters. The summed E-state index contributed by atoms with van der Waals surface area (Å²) in [6.45, 7) is -0.789. The van der Waals surface area contributed by atoms with E-state index in [9.17, 15) is 32.7 Å². The second-order valence-electron chi connectivity index (χ2n) is 6.94. The lowest BCUT2D eigenvalue weighted by molar-refractivity contribution is -0.179. The van der Waals surface area contributed by atoms with Crippen LogP contribution < -0.4 is 0 Å². The van der Waals surface area contributed by atoms with Gasteiger partial charge in [0, 0.05) is 22.4 Å². The van der Waals surface area contributed by atoms with E-state index in [4.69, 9.17) is 8.85 Å². The van der Waals surface area contributed by atoms with E-state index < -0.39 is 87.9 Å². The lowest BCUT2D eigenvalue weighted by Crippen LogP contribution is -2.57. The van der Waals surface area contributed by atoms with Crippen molar-refractivity contribution in [1.82, 2.24) is 20.0 Å². The molecule has 0 unspecified atom stereocenters. The number of aliphatic hydroxyl groups excluding tert-OH is 3. The van der Waals surface area contributed by atoms with Crippen molar-refractivity contribution in [2.45, 2.75) is 34.7 Å². The topological polar surface area (TPSA) is 131 Å². The van der Waals surface area contributed by atoms with Crippen LogP contribution in [0.3, 0.4) is 0 Å². The van der Waals surface area contributed by atoms with Crippen LogP contribution in [0.15, 0.2) is 46.1 Å². The van der Waals surface area contributed by atoms with Crippen LogP contribution in [0.2, 0.25) is 0 Å². The average Bonchev–Trinajstić information content (AvgIpc) is 3.30. The highest BCUT2D eigenvalue weighted by Gasteiger charge is 2.48. The molecule has 0 aliphatic carbocycles. The Kier molecular flexibility index (Phi) is 5.84. The fraction of sp³-hybridized carbons (Fsp3) is 0.316. The van der Waals surface area contributed by atoms with E-state index in [2.05, 4.69) is 31.2 Å². The van der Waals surface area contributed by atoms with Gasteiger partial charge in [0.15, 0.2) is 22.9 Å². The van der Waals surface area contributed by atoms with Crippen molar-refractivity contribution in [3.05, 3.63) is 58.6 Å². The molecule has 2 aromatic heterocycles. The van der Waals surface area contributed by atoms with Crippen LogP contribution in [-0.2, 0) is 15.5 Å². The number of hydrogen-bond donors (Lipinski definition) is 3. The molecule has 176 valence electrons. The maximum atomic E-state index is 13.6. The summed E-state index contributed by atoms with van der Waals surface area (Å²) in [5.74, 6) is -4.63. The minimum absolute atomic E-state index is 0.151. The van der Waals surface area contributed by atoms with Gasteiger partial charge < -0.3 is 20.1 Å². The number of aliphatic hydroxyl groups is 3. The molecule has 1 aliphatic rings. The van der Waals surface area contributed by atoms with Crippen LogP contribution >= 0.6 is 15.9 Å². The molecule has 0 radical (unpaired) electrons. The smallest absolute Gasteiger partial charge is 0.194 e. The largest absolute Gasteiger partial charge is 0.394 e. The Hall–Kier alpha value is -2.23. The van der Waals surface area contributed by atoms with E-state index >= 15 is 0 Å². The second kappa shape index (κ2) is 9.56. The monoisotopic (exact) mass is 551 g/mol. The summed E-state index contributed by atoms with van der Waals surface area (Å²) >= 11 is 2.96. The van der Waals surface area contributed by atoms with Gasteiger partial charge in [-0.15, -0.1) is 5.10 Å². The van der Waals surface area contributed by atoms with Crippen molar-refractivity contribution in [2.24, 2.45) is 0 Å². The molecule has 1 aromatic carbocycles. The SMILES string of the molecule is [2H]c1nc([2H])c([S@](=O)[C@H]2O[C@H](CO)[C@H](O)[C@H](n3cc(-c4cc(F)c(F)c(F)c4)nn3)[C@H]2O)c([2H])c1Br. The third-order valence-electron chi connectivity index (χ3n) is 4.89.